The van der Waals surface area contributed by atoms with Crippen LogP contribution in [-0.4, -0.2) is 17.2 Å². The molecule has 72 valence electrons. The van der Waals surface area contributed by atoms with E-state index < -0.39 is 0 Å². The van der Waals surface area contributed by atoms with Crippen LogP contribution in [0.2, 0.25) is 0 Å². The Labute approximate surface area is 82.0 Å². The first-order chi connectivity index (χ1) is 6.85. The number of hydrogen-bond acceptors (Lipinski definition) is 3. The summed E-state index contributed by atoms with van der Waals surface area (Å²) in [4.78, 5) is 4.17. The number of fused-ring (bicyclic) bond motifs is 1. The molecular formula is C11H11NO2. The second kappa shape index (κ2) is 3.64. The SMILES string of the molecule is COc1cc2ccccc2c(CO)n1. The number of aliphatic hydroxyl groups excluding tert-OH is 1. The van der Waals surface area contributed by atoms with Gasteiger partial charge in [0.1, 0.15) is 0 Å². The van der Waals surface area contributed by atoms with Crippen LogP contribution in [0, 0.1) is 0 Å². The molecule has 0 aliphatic heterocycles. The maximum absolute atomic E-state index is 9.14. The van der Waals surface area contributed by atoms with Crippen molar-refractivity contribution in [1.29, 1.82) is 0 Å². The van der Waals surface area contributed by atoms with E-state index in [1.165, 1.54) is 0 Å². The topological polar surface area (TPSA) is 42.4 Å². The average molecular weight is 189 g/mol. The van der Waals surface area contributed by atoms with Crippen LogP contribution in [-0.2, 0) is 6.61 Å². The number of hydrogen-bond donors (Lipinski definition) is 1. The van der Waals surface area contributed by atoms with Crippen molar-refractivity contribution in [2.75, 3.05) is 7.11 Å². The van der Waals surface area contributed by atoms with Gasteiger partial charge in [0.15, 0.2) is 0 Å². The lowest BCUT2D eigenvalue weighted by atomic mass is 10.1. The lowest BCUT2D eigenvalue weighted by molar-refractivity contribution is 0.276. The Hall–Kier alpha value is -1.61. The fourth-order valence-electron chi connectivity index (χ4n) is 1.47. The van der Waals surface area contributed by atoms with Gasteiger partial charge in [-0.15, -0.1) is 0 Å². The van der Waals surface area contributed by atoms with Crippen LogP contribution >= 0.6 is 0 Å². The summed E-state index contributed by atoms with van der Waals surface area (Å²) in [5.41, 5.74) is 0.653. The maximum Gasteiger partial charge on any atom is 0.213 e. The minimum absolute atomic E-state index is 0.0717. The predicted molar refractivity (Wildman–Crippen MR) is 54.2 cm³/mol. The summed E-state index contributed by atoms with van der Waals surface area (Å²) in [6, 6.07) is 9.64. The van der Waals surface area contributed by atoms with Gasteiger partial charge in [-0.25, -0.2) is 4.98 Å². The van der Waals surface area contributed by atoms with E-state index in [0.29, 0.717) is 11.6 Å². The van der Waals surface area contributed by atoms with E-state index in [-0.39, 0.29) is 6.61 Å². The van der Waals surface area contributed by atoms with E-state index in [1.807, 2.05) is 30.3 Å². The van der Waals surface area contributed by atoms with E-state index in [2.05, 4.69) is 4.98 Å². The molecule has 14 heavy (non-hydrogen) atoms. The summed E-state index contributed by atoms with van der Waals surface area (Å²) in [6.07, 6.45) is 0. The van der Waals surface area contributed by atoms with E-state index >= 15 is 0 Å². The van der Waals surface area contributed by atoms with Gasteiger partial charge in [-0.05, 0) is 5.39 Å². The molecule has 2 rings (SSSR count). The Morgan fingerprint density at radius 1 is 1.36 bits per heavy atom. The van der Waals surface area contributed by atoms with Gasteiger partial charge in [0.05, 0.1) is 19.4 Å². The van der Waals surface area contributed by atoms with Crippen molar-refractivity contribution in [3.63, 3.8) is 0 Å². The Bertz CT molecular complexity index is 454. The summed E-state index contributed by atoms with van der Waals surface area (Å²) in [5, 5.41) is 11.1. The number of ether oxygens (including phenoxy) is 1. The lowest BCUT2D eigenvalue weighted by Gasteiger charge is -2.05. The molecule has 3 nitrogen and oxygen atoms in total. The Balaban J connectivity index is 2.73. The van der Waals surface area contributed by atoms with E-state index in [1.54, 1.807) is 7.11 Å². The van der Waals surface area contributed by atoms with Crippen molar-refractivity contribution in [3.8, 4) is 5.88 Å². The van der Waals surface area contributed by atoms with Crippen LogP contribution in [0.1, 0.15) is 5.69 Å². The van der Waals surface area contributed by atoms with Gasteiger partial charge < -0.3 is 9.84 Å². The highest BCUT2D eigenvalue weighted by atomic mass is 16.5. The molecule has 1 aromatic heterocycles. The first-order valence-corrected chi connectivity index (χ1v) is 4.38. The lowest BCUT2D eigenvalue weighted by Crippen LogP contribution is -1.95. The number of benzene rings is 1. The van der Waals surface area contributed by atoms with E-state index in [0.717, 1.165) is 10.8 Å². The fraction of sp³-hybridized carbons (Fsp3) is 0.182. The standard InChI is InChI=1S/C11H11NO2/c1-14-11-6-8-4-2-3-5-9(8)10(7-13)12-11/h2-6,13H,7H2,1H3. The first-order valence-electron chi connectivity index (χ1n) is 4.38. The molecule has 1 aromatic carbocycles. The molecule has 0 bridgehead atoms. The molecule has 0 aliphatic carbocycles. The number of aromatic nitrogens is 1. The highest BCUT2D eigenvalue weighted by Crippen LogP contribution is 2.21. The van der Waals surface area contributed by atoms with E-state index in [4.69, 9.17) is 9.84 Å². The second-order valence-electron chi connectivity index (χ2n) is 2.99. The third kappa shape index (κ3) is 1.42. The van der Waals surface area contributed by atoms with Gasteiger partial charge >= 0.3 is 0 Å². The van der Waals surface area contributed by atoms with Crippen LogP contribution in [0.4, 0.5) is 0 Å². The minimum atomic E-state index is -0.0717. The first kappa shape index (κ1) is 8.97. The van der Waals surface area contributed by atoms with Crippen LogP contribution in [0.5, 0.6) is 5.88 Å². The molecule has 0 amide bonds. The molecule has 0 unspecified atom stereocenters. The molecule has 0 radical (unpaired) electrons. The van der Waals surface area contributed by atoms with Crippen molar-refractivity contribution in [2.24, 2.45) is 0 Å². The summed E-state index contributed by atoms with van der Waals surface area (Å²) in [7, 11) is 1.57. The molecule has 0 saturated carbocycles. The zero-order chi connectivity index (χ0) is 9.97. The molecule has 0 fully saturated rings. The van der Waals surface area contributed by atoms with Gasteiger partial charge in [0.2, 0.25) is 5.88 Å². The molecule has 0 atom stereocenters. The van der Waals surface area contributed by atoms with Crippen molar-refractivity contribution >= 4 is 10.8 Å². The number of pyridine rings is 1. The summed E-state index contributed by atoms with van der Waals surface area (Å²) >= 11 is 0. The van der Waals surface area contributed by atoms with Crippen molar-refractivity contribution in [3.05, 3.63) is 36.0 Å². The average Bonchev–Trinajstić information content (AvgIpc) is 2.27. The highest BCUT2D eigenvalue weighted by Gasteiger charge is 2.04. The van der Waals surface area contributed by atoms with Crippen LogP contribution in [0.15, 0.2) is 30.3 Å². The number of nitrogens with zero attached hydrogens (tertiary/aromatic N) is 1. The van der Waals surface area contributed by atoms with Crippen LogP contribution in [0.25, 0.3) is 10.8 Å². The molecular weight excluding hydrogens is 178 g/mol. The van der Waals surface area contributed by atoms with Crippen molar-refractivity contribution in [2.45, 2.75) is 6.61 Å². The number of rotatable bonds is 2. The number of aliphatic hydroxyl groups is 1. The third-order valence-corrected chi connectivity index (χ3v) is 2.15. The normalized spacial score (nSPS) is 10.4. The zero-order valence-electron chi connectivity index (χ0n) is 7.90. The largest absolute Gasteiger partial charge is 0.481 e. The Morgan fingerprint density at radius 3 is 2.86 bits per heavy atom. The fourth-order valence-corrected chi connectivity index (χ4v) is 1.47. The van der Waals surface area contributed by atoms with Gasteiger partial charge in [-0.2, -0.15) is 0 Å². The van der Waals surface area contributed by atoms with Gasteiger partial charge in [0.25, 0.3) is 0 Å². The summed E-state index contributed by atoms with van der Waals surface area (Å²) in [5.74, 6) is 0.535. The number of methoxy groups -OCH3 is 1. The van der Waals surface area contributed by atoms with Gasteiger partial charge in [0, 0.05) is 11.5 Å². The molecule has 1 heterocycles. The highest BCUT2D eigenvalue weighted by molar-refractivity contribution is 5.85. The Morgan fingerprint density at radius 2 is 2.14 bits per heavy atom. The smallest absolute Gasteiger partial charge is 0.213 e. The quantitative estimate of drug-likeness (QED) is 0.782. The monoisotopic (exact) mass is 189 g/mol. The molecule has 3 heteroatoms. The van der Waals surface area contributed by atoms with Crippen molar-refractivity contribution < 1.29 is 9.84 Å². The zero-order valence-corrected chi connectivity index (χ0v) is 7.90. The molecule has 0 spiro atoms. The minimum Gasteiger partial charge on any atom is -0.481 e. The van der Waals surface area contributed by atoms with Crippen LogP contribution < -0.4 is 4.74 Å². The summed E-state index contributed by atoms with van der Waals surface area (Å²) < 4.78 is 5.04. The van der Waals surface area contributed by atoms with Gasteiger partial charge in [-0.1, -0.05) is 24.3 Å². The van der Waals surface area contributed by atoms with E-state index in [9.17, 15) is 0 Å². The predicted octanol–water partition coefficient (Wildman–Crippen LogP) is 1.74. The summed E-state index contributed by atoms with van der Waals surface area (Å²) in [6.45, 7) is -0.0717. The molecule has 0 saturated heterocycles. The van der Waals surface area contributed by atoms with Crippen molar-refractivity contribution in [1.82, 2.24) is 4.98 Å². The maximum atomic E-state index is 9.14. The molecule has 2 aromatic rings. The third-order valence-electron chi connectivity index (χ3n) is 2.15. The molecule has 0 aliphatic rings. The molecule has 1 N–H and O–H groups in total. The second-order valence-corrected chi connectivity index (χ2v) is 2.99. The Kier molecular flexibility index (Phi) is 2.33. The van der Waals surface area contributed by atoms with Crippen LogP contribution in [0.3, 0.4) is 0 Å². The van der Waals surface area contributed by atoms with Gasteiger partial charge in [-0.3, -0.25) is 0 Å².